The largest absolute Gasteiger partial charge is 0.493 e. The molecule has 3 aromatic rings. The molecule has 39 heavy (non-hydrogen) atoms. The van der Waals surface area contributed by atoms with Crippen LogP contribution >= 0.6 is 0 Å². The number of aromatic nitrogens is 2. The second-order valence-electron chi connectivity index (χ2n) is 9.79. The molecule has 2 aliphatic heterocycles. The third-order valence-electron chi connectivity index (χ3n) is 6.90. The van der Waals surface area contributed by atoms with Crippen molar-refractivity contribution in [3.8, 4) is 22.8 Å². The first kappa shape index (κ1) is 26.8. The van der Waals surface area contributed by atoms with Crippen molar-refractivity contribution in [2.75, 3.05) is 44.7 Å². The van der Waals surface area contributed by atoms with Gasteiger partial charge in [-0.15, -0.1) is 0 Å². The van der Waals surface area contributed by atoms with Gasteiger partial charge in [-0.2, -0.15) is 0 Å². The first-order chi connectivity index (χ1) is 19.1. The van der Waals surface area contributed by atoms with Crippen LogP contribution in [0.3, 0.4) is 0 Å². The number of amides is 1. The molecule has 2 aliphatic rings. The van der Waals surface area contributed by atoms with Crippen molar-refractivity contribution in [3.05, 3.63) is 59.8 Å². The lowest BCUT2D eigenvalue weighted by atomic mass is 10.1. The van der Waals surface area contributed by atoms with Gasteiger partial charge in [-0.25, -0.2) is 18.7 Å². The maximum Gasteiger partial charge on any atom is 0.255 e. The minimum absolute atomic E-state index is 0.0175. The Bertz CT molecular complexity index is 1300. The molecule has 0 saturated carbocycles. The number of carbonyl (C=O) groups is 1. The molecule has 0 atom stereocenters. The zero-order chi connectivity index (χ0) is 27.0. The summed E-state index contributed by atoms with van der Waals surface area (Å²) in [5.74, 6) is -0.688. The molecule has 2 N–H and O–H groups in total. The van der Waals surface area contributed by atoms with Gasteiger partial charge in [0.05, 0.1) is 25.0 Å². The van der Waals surface area contributed by atoms with E-state index in [4.69, 9.17) is 9.47 Å². The molecular formula is C29H33F2N5O3. The van der Waals surface area contributed by atoms with Crippen molar-refractivity contribution in [3.63, 3.8) is 0 Å². The van der Waals surface area contributed by atoms with E-state index in [1.165, 1.54) is 31.0 Å². The lowest BCUT2D eigenvalue weighted by molar-refractivity contribution is 0.0945. The summed E-state index contributed by atoms with van der Waals surface area (Å²) >= 11 is 0. The fourth-order valence-electron chi connectivity index (χ4n) is 4.78. The topological polar surface area (TPSA) is 88.6 Å². The molecule has 0 aliphatic carbocycles. The van der Waals surface area contributed by atoms with Crippen molar-refractivity contribution < 1.29 is 23.0 Å². The van der Waals surface area contributed by atoms with E-state index in [0.29, 0.717) is 42.3 Å². The lowest BCUT2D eigenvalue weighted by Gasteiger charge is -2.17. The van der Waals surface area contributed by atoms with E-state index >= 15 is 0 Å². The van der Waals surface area contributed by atoms with Crippen LogP contribution in [0, 0.1) is 11.6 Å². The monoisotopic (exact) mass is 537 g/mol. The highest BCUT2D eigenvalue weighted by Gasteiger charge is 2.17. The number of nitrogens with one attached hydrogen (secondary N) is 2. The summed E-state index contributed by atoms with van der Waals surface area (Å²) in [5, 5.41) is 6.08. The van der Waals surface area contributed by atoms with Crippen LogP contribution in [0.2, 0.25) is 0 Å². The van der Waals surface area contributed by atoms with Crippen LogP contribution in [0.1, 0.15) is 48.9 Å². The summed E-state index contributed by atoms with van der Waals surface area (Å²) < 4.78 is 40.7. The minimum atomic E-state index is -0.641. The molecule has 8 nitrogen and oxygen atoms in total. The molecular weight excluding hydrogens is 504 g/mol. The van der Waals surface area contributed by atoms with E-state index in [1.807, 2.05) is 0 Å². The van der Waals surface area contributed by atoms with Crippen LogP contribution in [0.5, 0.6) is 11.5 Å². The maximum atomic E-state index is 14.7. The van der Waals surface area contributed by atoms with E-state index < -0.39 is 11.6 Å². The number of carbonyl (C=O) groups excluding carboxylic acids is 1. The highest BCUT2D eigenvalue weighted by atomic mass is 19.1. The number of fused-ring (bicyclic) bond motifs is 7. The smallest absolute Gasteiger partial charge is 0.255 e. The van der Waals surface area contributed by atoms with Gasteiger partial charge in [-0.3, -0.25) is 4.79 Å². The quantitative estimate of drug-likeness (QED) is 0.466. The Balaban J connectivity index is 1.39. The Hall–Kier alpha value is -3.79. The van der Waals surface area contributed by atoms with E-state index in [-0.39, 0.29) is 23.3 Å². The van der Waals surface area contributed by atoms with Gasteiger partial charge in [0.2, 0.25) is 5.95 Å². The first-order valence-corrected chi connectivity index (χ1v) is 13.6. The van der Waals surface area contributed by atoms with Crippen LogP contribution in [0.4, 0.5) is 20.4 Å². The van der Waals surface area contributed by atoms with Crippen molar-refractivity contribution >= 4 is 17.5 Å². The molecule has 0 spiro atoms. The number of anilines is 2. The van der Waals surface area contributed by atoms with Gasteiger partial charge in [0.25, 0.3) is 5.91 Å². The number of nitrogens with zero attached hydrogens (tertiary/aromatic N) is 3. The van der Waals surface area contributed by atoms with Crippen LogP contribution < -0.4 is 20.1 Å². The molecule has 10 heteroatoms. The standard InChI is InChI=1S/C29H33F2N5O3/c30-23-10-7-20-17-26(23)39-16-6-2-1-5-15-38-25-18-21(34-29-33-19-24(31)27(20)35-29)8-9-22(25)28(37)32-11-14-36-12-3-4-13-36/h7-10,17-19H,1-6,11-16H2,(H,32,37)(H,33,34,35). The summed E-state index contributed by atoms with van der Waals surface area (Å²) in [7, 11) is 0. The van der Waals surface area contributed by atoms with Gasteiger partial charge in [-0.1, -0.05) is 0 Å². The Morgan fingerprint density at radius 3 is 2.49 bits per heavy atom. The SMILES string of the molecule is O=C(NCCN1CCCC1)c1ccc2cc1OCCCCCCOc1cc(ccc1F)-c1nc(ncc1F)N2. The maximum absolute atomic E-state index is 14.7. The highest BCUT2D eigenvalue weighted by molar-refractivity contribution is 5.97. The van der Waals surface area contributed by atoms with Gasteiger partial charge >= 0.3 is 0 Å². The summed E-state index contributed by atoms with van der Waals surface area (Å²) in [5.41, 5.74) is 1.43. The molecule has 206 valence electrons. The molecule has 0 radical (unpaired) electrons. The summed E-state index contributed by atoms with van der Waals surface area (Å²) in [6, 6.07) is 9.33. The Morgan fingerprint density at radius 2 is 1.69 bits per heavy atom. The van der Waals surface area contributed by atoms with Crippen molar-refractivity contribution in [1.82, 2.24) is 20.2 Å². The molecule has 6 bridgehead atoms. The van der Waals surface area contributed by atoms with Crippen LogP contribution in [-0.2, 0) is 0 Å². The molecule has 2 aromatic carbocycles. The van der Waals surface area contributed by atoms with Crippen LogP contribution in [0.15, 0.2) is 42.6 Å². The lowest BCUT2D eigenvalue weighted by Crippen LogP contribution is -2.33. The number of likely N-dealkylation sites (tertiary alicyclic amines) is 1. The fourth-order valence-corrected chi connectivity index (χ4v) is 4.78. The number of ether oxygens (including phenoxy) is 2. The van der Waals surface area contributed by atoms with Gasteiger partial charge < -0.3 is 25.0 Å². The van der Waals surface area contributed by atoms with E-state index in [0.717, 1.165) is 51.5 Å². The van der Waals surface area contributed by atoms with Crippen LogP contribution in [-0.4, -0.2) is 60.2 Å². The van der Waals surface area contributed by atoms with Crippen LogP contribution in [0.25, 0.3) is 11.3 Å². The second kappa shape index (κ2) is 12.8. The molecule has 1 amide bonds. The van der Waals surface area contributed by atoms with Gasteiger partial charge in [0.15, 0.2) is 17.4 Å². The minimum Gasteiger partial charge on any atom is -0.493 e. The average Bonchev–Trinajstić information content (AvgIpc) is 3.45. The first-order valence-electron chi connectivity index (χ1n) is 13.6. The Kier molecular flexibility index (Phi) is 8.82. The Labute approximate surface area is 226 Å². The van der Waals surface area contributed by atoms with Crippen molar-refractivity contribution in [2.24, 2.45) is 0 Å². The third kappa shape index (κ3) is 7.00. The van der Waals surface area contributed by atoms with Gasteiger partial charge in [-0.05, 0) is 81.9 Å². The molecule has 1 aromatic heterocycles. The number of hydrogen-bond donors (Lipinski definition) is 2. The predicted molar refractivity (Wildman–Crippen MR) is 145 cm³/mol. The Morgan fingerprint density at radius 1 is 0.923 bits per heavy atom. The van der Waals surface area contributed by atoms with Gasteiger partial charge in [0.1, 0.15) is 11.4 Å². The summed E-state index contributed by atoms with van der Waals surface area (Å²) in [4.78, 5) is 23.7. The van der Waals surface area contributed by atoms with E-state index in [2.05, 4.69) is 25.5 Å². The van der Waals surface area contributed by atoms with Crippen molar-refractivity contribution in [1.29, 1.82) is 0 Å². The third-order valence-corrected chi connectivity index (χ3v) is 6.90. The summed E-state index contributed by atoms with van der Waals surface area (Å²) in [6.45, 7) is 4.32. The summed E-state index contributed by atoms with van der Waals surface area (Å²) in [6.07, 6.45) is 6.77. The fraction of sp³-hybridized carbons (Fsp3) is 0.414. The normalized spacial score (nSPS) is 16.3. The number of halogens is 2. The van der Waals surface area contributed by atoms with E-state index in [1.54, 1.807) is 18.2 Å². The zero-order valence-corrected chi connectivity index (χ0v) is 21.8. The number of benzene rings is 2. The number of hydrogen-bond acceptors (Lipinski definition) is 7. The molecule has 1 fully saturated rings. The molecule has 1 saturated heterocycles. The van der Waals surface area contributed by atoms with Gasteiger partial charge in [0, 0.05) is 30.4 Å². The van der Waals surface area contributed by atoms with Crippen molar-refractivity contribution in [2.45, 2.75) is 38.5 Å². The molecule has 5 rings (SSSR count). The predicted octanol–water partition coefficient (Wildman–Crippen LogP) is 5.32. The molecule has 3 heterocycles. The zero-order valence-electron chi connectivity index (χ0n) is 21.8. The number of rotatable bonds is 4. The average molecular weight is 538 g/mol. The highest BCUT2D eigenvalue weighted by Crippen LogP contribution is 2.30. The van der Waals surface area contributed by atoms with E-state index in [9.17, 15) is 13.6 Å². The molecule has 0 unspecified atom stereocenters. The second-order valence-corrected chi connectivity index (χ2v) is 9.79.